The molecule has 0 radical (unpaired) electrons. The van der Waals surface area contributed by atoms with Crippen LogP contribution in [0.4, 0.5) is 0 Å². The summed E-state index contributed by atoms with van der Waals surface area (Å²) in [6.07, 6.45) is 5.02. The zero-order valence-electron chi connectivity index (χ0n) is 9.98. The SMILES string of the molecule is COC(=O)CCc1csc(C2CCCCS2)n1. The molecule has 0 aromatic carbocycles. The molecule has 0 aliphatic carbocycles. The van der Waals surface area contributed by atoms with Crippen LogP contribution in [0.5, 0.6) is 0 Å². The summed E-state index contributed by atoms with van der Waals surface area (Å²) >= 11 is 3.75. The predicted molar refractivity (Wildman–Crippen MR) is 71.5 cm³/mol. The van der Waals surface area contributed by atoms with Gasteiger partial charge >= 0.3 is 5.97 Å². The molecular formula is C12H17NO2S2. The fourth-order valence-electron chi connectivity index (χ4n) is 1.85. The third kappa shape index (κ3) is 3.71. The third-order valence-corrected chi connectivity index (χ3v) is 5.38. The van der Waals surface area contributed by atoms with Crippen molar-refractivity contribution in [1.82, 2.24) is 4.98 Å². The minimum atomic E-state index is -0.161. The number of hydrogen-bond acceptors (Lipinski definition) is 5. The van der Waals surface area contributed by atoms with Crippen molar-refractivity contribution in [3.63, 3.8) is 0 Å². The van der Waals surface area contributed by atoms with Gasteiger partial charge in [-0.1, -0.05) is 6.42 Å². The zero-order valence-corrected chi connectivity index (χ0v) is 11.6. The smallest absolute Gasteiger partial charge is 0.305 e. The van der Waals surface area contributed by atoms with Crippen LogP contribution in [0.3, 0.4) is 0 Å². The molecule has 2 heterocycles. The predicted octanol–water partition coefficient (Wildman–Crippen LogP) is 3.21. The maximum Gasteiger partial charge on any atom is 0.305 e. The summed E-state index contributed by atoms with van der Waals surface area (Å²) in [4.78, 5) is 15.7. The topological polar surface area (TPSA) is 39.2 Å². The lowest BCUT2D eigenvalue weighted by Gasteiger charge is -2.18. The van der Waals surface area contributed by atoms with E-state index in [0.29, 0.717) is 18.1 Å². The summed E-state index contributed by atoms with van der Waals surface area (Å²) in [5.74, 6) is 1.09. The summed E-state index contributed by atoms with van der Waals surface area (Å²) in [5.41, 5.74) is 1.03. The first-order valence-corrected chi connectivity index (χ1v) is 7.85. The van der Waals surface area contributed by atoms with E-state index >= 15 is 0 Å². The van der Waals surface area contributed by atoms with Crippen LogP contribution in [-0.2, 0) is 16.0 Å². The molecule has 1 fully saturated rings. The first-order chi connectivity index (χ1) is 8.29. The molecule has 1 aromatic heterocycles. The second kappa shape index (κ2) is 6.40. The molecule has 0 N–H and O–H groups in total. The van der Waals surface area contributed by atoms with Crippen molar-refractivity contribution in [3.8, 4) is 0 Å². The van der Waals surface area contributed by atoms with Crippen molar-refractivity contribution in [2.45, 2.75) is 37.4 Å². The van der Waals surface area contributed by atoms with Crippen molar-refractivity contribution < 1.29 is 9.53 Å². The highest BCUT2D eigenvalue weighted by Crippen LogP contribution is 2.39. The second-order valence-electron chi connectivity index (χ2n) is 4.11. The zero-order chi connectivity index (χ0) is 12.1. The van der Waals surface area contributed by atoms with Crippen LogP contribution < -0.4 is 0 Å². The van der Waals surface area contributed by atoms with Gasteiger partial charge in [0.25, 0.3) is 0 Å². The molecule has 0 amide bonds. The molecule has 1 aromatic rings. The number of carbonyl (C=O) groups excluding carboxylic acids is 1. The minimum absolute atomic E-state index is 0.161. The highest BCUT2D eigenvalue weighted by Gasteiger charge is 2.19. The number of nitrogens with zero attached hydrogens (tertiary/aromatic N) is 1. The maximum atomic E-state index is 11.0. The van der Waals surface area contributed by atoms with E-state index in [2.05, 4.69) is 15.1 Å². The summed E-state index contributed by atoms with van der Waals surface area (Å²) < 4.78 is 4.63. The fraction of sp³-hybridized carbons (Fsp3) is 0.667. The Morgan fingerprint density at radius 1 is 1.59 bits per heavy atom. The lowest BCUT2D eigenvalue weighted by Crippen LogP contribution is -2.03. The molecule has 0 spiro atoms. The van der Waals surface area contributed by atoms with Gasteiger partial charge in [-0.2, -0.15) is 11.8 Å². The number of ether oxygens (including phenoxy) is 1. The molecule has 17 heavy (non-hydrogen) atoms. The van der Waals surface area contributed by atoms with Gasteiger partial charge in [-0.3, -0.25) is 4.79 Å². The number of methoxy groups -OCH3 is 1. The van der Waals surface area contributed by atoms with E-state index in [1.165, 1.54) is 37.1 Å². The van der Waals surface area contributed by atoms with Crippen molar-refractivity contribution in [1.29, 1.82) is 0 Å². The molecule has 2 rings (SSSR count). The molecule has 1 atom stereocenters. The Balaban J connectivity index is 1.88. The van der Waals surface area contributed by atoms with Gasteiger partial charge in [0.05, 0.1) is 24.5 Å². The second-order valence-corrected chi connectivity index (χ2v) is 6.31. The Labute approximate surface area is 110 Å². The lowest BCUT2D eigenvalue weighted by molar-refractivity contribution is -0.140. The van der Waals surface area contributed by atoms with Gasteiger partial charge in [0.2, 0.25) is 0 Å². The van der Waals surface area contributed by atoms with Crippen molar-refractivity contribution in [2.75, 3.05) is 12.9 Å². The summed E-state index contributed by atoms with van der Waals surface area (Å²) in [6.45, 7) is 0. The number of aryl methyl sites for hydroxylation is 1. The number of thioether (sulfide) groups is 1. The van der Waals surface area contributed by atoms with Gasteiger partial charge in [0, 0.05) is 11.8 Å². The molecule has 1 aliphatic heterocycles. The Bertz CT molecular complexity index is 372. The van der Waals surface area contributed by atoms with Crippen LogP contribution in [0.2, 0.25) is 0 Å². The van der Waals surface area contributed by atoms with E-state index in [-0.39, 0.29) is 5.97 Å². The molecule has 1 unspecified atom stereocenters. The van der Waals surface area contributed by atoms with Crippen LogP contribution in [0, 0.1) is 0 Å². The normalized spacial score (nSPS) is 20.2. The first-order valence-electron chi connectivity index (χ1n) is 5.92. The van der Waals surface area contributed by atoms with Crippen molar-refractivity contribution in [2.24, 2.45) is 0 Å². The lowest BCUT2D eigenvalue weighted by atomic mass is 10.2. The van der Waals surface area contributed by atoms with Gasteiger partial charge in [-0.05, 0) is 18.6 Å². The molecule has 1 saturated heterocycles. The Morgan fingerprint density at radius 3 is 3.18 bits per heavy atom. The Hall–Kier alpha value is -0.550. The van der Waals surface area contributed by atoms with Crippen LogP contribution in [0.15, 0.2) is 5.38 Å². The Morgan fingerprint density at radius 2 is 2.47 bits per heavy atom. The highest BCUT2D eigenvalue weighted by atomic mass is 32.2. The molecule has 94 valence electrons. The molecule has 0 saturated carbocycles. The van der Waals surface area contributed by atoms with E-state index in [1.54, 1.807) is 11.3 Å². The molecule has 0 bridgehead atoms. The summed E-state index contributed by atoms with van der Waals surface area (Å²) in [6, 6.07) is 0. The summed E-state index contributed by atoms with van der Waals surface area (Å²) in [5, 5.41) is 3.89. The van der Waals surface area contributed by atoms with E-state index in [9.17, 15) is 4.79 Å². The van der Waals surface area contributed by atoms with Crippen LogP contribution >= 0.6 is 23.1 Å². The average Bonchev–Trinajstić information content (AvgIpc) is 2.86. The molecule has 3 nitrogen and oxygen atoms in total. The van der Waals surface area contributed by atoms with Crippen LogP contribution in [0.1, 0.15) is 41.6 Å². The van der Waals surface area contributed by atoms with E-state index in [1.807, 2.05) is 11.8 Å². The maximum absolute atomic E-state index is 11.0. The van der Waals surface area contributed by atoms with Crippen LogP contribution in [0.25, 0.3) is 0 Å². The largest absolute Gasteiger partial charge is 0.469 e. The van der Waals surface area contributed by atoms with Gasteiger partial charge in [0.15, 0.2) is 0 Å². The van der Waals surface area contributed by atoms with Gasteiger partial charge in [-0.15, -0.1) is 11.3 Å². The number of aromatic nitrogens is 1. The standard InChI is InChI=1S/C12H17NO2S2/c1-15-11(14)6-5-9-8-17-12(13-9)10-4-2-3-7-16-10/h8,10H,2-7H2,1H3. The first kappa shape index (κ1) is 12.9. The quantitative estimate of drug-likeness (QED) is 0.788. The number of rotatable bonds is 4. The average molecular weight is 271 g/mol. The van der Waals surface area contributed by atoms with Crippen LogP contribution in [-0.4, -0.2) is 23.8 Å². The third-order valence-electron chi connectivity index (χ3n) is 2.84. The van der Waals surface area contributed by atoms with Gasteiger partial charge in [0.1, 0.15) is 5.01 Å². The number of esters is 1. The van der Waals surface area contributed by atoms with Crippen molar-refractivity contribution >= 4 is 29.1 Å². The highest BCUT2D eigenvalue weighted by molar-refractivity contribution is 7.99. The summed E-state index contributed by atoms with van der Waals surface area (Å²) in [7, 11) is 1.42. The number of hydrogen-bond donors (Lipinski definition) is 0. The number of carbonyl (C=O) groups is 1. The monoisotopic (exact) mass is 271 g/mol. The van der Waals surface area contributed by atoms with E-state index in [0.717, 1.165) is 5.69 Å². The van der Waals surface area contributed by atoms with Gasteiger partial charge in [-0.25, -0.2) is 4.98 Å². The van der Waals surface area contributed by atoms with E-state index < -0.39 is 0 Å². The molecule has 1 aliphatic rings. The van der Waals surface area contributed by atoms with E-state index in [4.69, 9.17) is 0 Å². The van der Waals surface area contributed by atoms with Crippen molar-refractivity contribution in [3.05, 3.63) is 16.1 Å². The molecular weight excluding hydrogens is 254 g/mol. The molecule has 5 heteroatoms. The fourth-order valence-corrected chi connectivity index (χ4v) is 4.27. The minimum Gasteiger partial charge on any atom is -0.469 e. The van der Waals surface area contributed by atoms with Gasteiger partial charge < -0.3 is 4.74 Å². The number of thiazole rings is 1. The Kier molecular flexibility index (Phi) is 4.86.